The summed E-state index contributed by atoms with van der Waals surface area (Å²) in [5.41, 5.74) is 5.63. The molecule has 0 bridgehead atoms. The van der Waals surface area contributed by atoms with E-state index in [1.165, 1.54) is 11.1 Å². The van der Waals surface area contributed by atoms with Crippen molar-refractivity contribution in [2.75, 3.05) is 13.2 Å². The van der Waals surface area contributed by atoms with Crippen LogP contribution in [0.2, 0.25) is 0 Å². The van der Waals surface area contributed by atoms with Crippen LogP contribution < -0.4 is 4.74 Å². The second kappa shape index (κ2) is 11.9. The Morgan fingerprint density at radius 3 is 2.22 bits per heavy atom. The van der Waals surface area contributed by atoms with Crippen LogP contribution in [0.25, 0.3) is 16.7 Å². The van der Waals surface area contributed by atoms with Gasteiger partial charge in [0.2, 0.25) is 0 Å². The van der Waals surface area contributed by atoms with Gasteiger partial charge in [0.1, 0.15) is 12.4 Å². The molecule has 4 nitrogen and oxygen atoms in total. The molecule has 4 heteroatoms. The van der Waals surface area contributed by atoms with Crippen molar-refractivity contribution in [1.29, 1.82) is 0 Å². The number of carbonyl (C=O) groups is 1. The molecule has 3 aromatic rings. The van der Waals surface area contributed by atoms with E-state index in [1.54, 1.807) is 0 Å². The minimum absolute atomic E-state index is 0.341. The number of rotatable bonds is 11. The SMILES string of the molecule is CCCOC(Cc1ccc(OC/C=C(/C)c2ccc(-c3ccccc3)cc2)cc1)C(=O)O. The summed E-state index contributed by atoms with van der Waals surface area (Å²) in [6, 6.07) is 26.4. The zero-order valence-electron chi connectivity index (χ0n) is 18.7. The summed E-state index contributed by atoms with van der Waals surface area (Å²) in [5.74, 6) is -0.185. The Kier molecular flexibility index (Phi) is 8.64. The van der Waals surface area contributed by atoms with Gasteiger partial charge < -0.3 is 14.6 Å². The molecular weight excluding hydrogens is 400 g/mol. The summed E-state index contributed by atoms with van der Waals surface area (Å²) in [6.45, 7) is 4.94. The van der Waals surface area contributed by atoms with Gasteiger partial charge in [-0.05, 0) is 59.4 Å². The van der Waals surface area contributed by atoms with E-state index in [0.717, 1.165) is 28.9 Å². The highest BCUT2D eigenvalue weighted by molar-refractivity contribution is 5.72. The normalized spacial score (nSPS) is 12.4. The molecule has 0 aromatic heterocycles. The second-order valence-electron chi connectivity index (χ2n) is 7.69. The third-order valence-electron chi connectivity index (χ3n) is 5.23. The highest BCUT2D eigenvalue weighted by atomic mass is 16.5. The number of hydrogen-bond donors (Lipinski definition) is 1. The predicted octanol–water partition coefficient (Wildman–Crippen LogP) is 6.26. The van der Waals surface area contributed by atoms with Crippen molar-refractivity contribution < 1.29 is 19.4 Å². The zero-order valence-corrected chi connectivity index (χ0v) is 18.7. The molecule has 0 saturated heterocycles. The van der Waals surface area contributed by atoms with Crippen molar-refractivity contribution in [1.82, 2.24) is 0 Å². The number of benzene rings is 3. The molecule has 166 valence electrons. The Bertz CT molecular complexity index is 1010. The van der Waals surface area contributed by atoms with Gasteiger partial charge in [-0.15, -0.1) is 0 Å². The van der Waals surface area contributed by atoms with Crippen LogP contribution in [0, 0.1) is 0 Å². The highest BCUT2D eigenvalue weighted by Gasteiger charge is 2.18. The lowest BCUT2D eigenvalue weighted by Crippen LogP contribution is -2.26. The topological polar surface area (TPSA) is 55.8 Å². The summed E-state index contributed by atoms with van der Waals surface area (Å²) in [4.78, 5) is 11.3. The summed E-state index contributed by atoms with van der Waals surface area (Å²) in [5, 5.41) is 9.29. The maximum atomic E-state index is 11.3. The molecule has 1 N–H and O–H groups in total. The summed E-state index contributed by atoms with van der Waals surface area (Å²) in [7, 11) is 0. The quantitative estimate of drug-likeness (QED) is 0.390. The smallest absolute Gasteiger partial charge is 0.333 e. The lowest BCUT2D eigenvalue weighted by Gasteiger charge is -2.13. The molecule has 0 amide bonds. The van der Waals surface area contributed by atoms with Gasteiger partial charge in [-0.2, -0.15) is 0 Å². The first kappa shape index (κ1) is 23.3. The van der Waals surface area contributed by atoms with Crippen LogP contribution >= 0.6 is 0 Å². The van der Waals surface area contributed by atoms with Gasteiger partial charge in [-0.1, -0.05) is 73.7 Å². The number of carboxylic acids is 1. The van der Waals surface area contributed by atoms with Crippen LogP contribution in [0.1, 0.15) is 31.4 Å². The molecule has 0 aliphatic carbocycles. The van der Waals surface area contributed by atoms with E-state index in [0.29, 0.717) is 19.6 Å². The van der Waals surface area contributed by atoms with Gasteiger partial charge in [0.15, 0.2) is 6.10 Å². The van der Waals surface area contributed by atoms with E-state index < -0.39 is 12.1 Å². The van der Waals surface area contributed by atoms with Gasteiger partial charge >= 0.3 is 5.97 Å². The predicted molar refractivity (Wildman–Crippen MR) is 129 cm³/mol. The van der Waals surface area contributed by atoms with Crippen LogP contribution in [-0.2, 0) is 16.0 Å². The van der Waals surface area contributed by atoms with Crippen LogP contribution in [0.15, 0.2) is 84.9 Å². The Morgan fingerprint density at radius 1 is 0.938 bits per heavy atom. The van der Waals surface area contributed by atoms with Crippen LogP contribution in [0.4, 0.5) is 0 Å². The van der Waals surface area contributed by atoms with E-state index >= 15 is 0 Å². The van der Waals surface area contributed by atoms with E-state index in [1.807, 2.05) is 49.4 Å². The van der Waals surface area contributed by atoms with Crippen molar-refractivity contribution in [3.63, 3.8) is 0 Å². The van der Waals surface area contributed by atoms with Crippen molar-refractivity contribution in [3.8, 4) is 16.9 Å². The lowest BCUT2D eigenvalue weighted by molar-refractivity contribution is -0.150. The Balaban J connectivity index is 1.53. The molecule has 3 rings (SSSR count). The minimum Gasteiger partial charge on any atom is -0.490 e. The fourth-order valence-electron chi connectivity index (χ4n) is 3.35. The summed E-state index contributed by atoms with van der Waals surface area (Å²) < 4.78 is 11.3. The molecule has 0 heterocycles. The number of aliphatic carboxylic acids is 1. The fourth-order valence-corrected chi connectivity index (χ4v) is 3.35. The molecule has 0 fully saturated rings. The average Bonchev–Trinajstić information content (AvgIpc) is 2.83. The standard InChI is InChI=1S/C28H30O4/c1-3-18-32-27(28(29)30)20-22-9-15-26(16-10-22)31-19-17-21(2)23-11-13-25(14-12-23)24-7-5-4-6-8-24/h4-17,27H,3,18-20H2,1-2H3,(H,29,30)/b21-17-. The molecule has 0 aliphatic rings. The van der Waals surface area contributed by atoms with E-state index in [4.69, 9.17) is 9.47 Å². The number of ether oxygens (including phenoxy) is 2. The lowest BCUT2D eigenvalue weighted by atomic mass is 10.0. The van der Waals surface area contributed by atoms with Crippen molar-refractivity contribution in [3.05, 3.63) is 96.1 Å². The Hall–Kier alpha value is -3.37. The zero-order chi connectivity index (χ0) is 22.8. The third kappa shape index (κ3) is 6.82. The van der Waals surface area contributed by atoms with Gasteiger partial charge in [0.05, 0.1) is 0 Å². The number of carboxylic acid groups (broad SMARTS) is 1. The Labute approximate surface area is 190 Å². The molecule has 0 aliphatic heterocycles. The molecule has 0 saturated carbocycles. The number of allylic oxidation sites excluding steroid dienone is 1. The monoisotopic (exact) mass is 430 g/mol. The van der Waals surface area contributed by atoms with Crippen molar-refractivity contribution in [2.24, 2.45) is 0 Å². The van der Waals surface area contributed by atoms with Crippen molar-refractivity contribution in [2.45, 2.75) is 32.8 Å². The van der Waals surface area contributed by atoms with Gasteiger partial charge in [-0.25, -0.2) is 4.79 Å². The average molecular weight is 431 g/mol. The van der Waals surface area contributed by atoms with Gasteiger partial charge in [-0.3, -0.25) is 0 Å². The molecule has 3 aromatic carbocycles. The van der Waals surface area contributed by atoms with Gasteiger partial charge in [0, 0.05) is 13.0 Å². The van der Waals surface area contributed by atoms with Crippen LogP contribution in [0.5, 0.6) is 5.75 Å². The van der Waals surface area contributed by atoms with E-state index in [9.17, 15) is 9.90 Å². The molecule has 0 spiro atoms. The third-order valence-corrected chi connectivity index (χ3v) is 5.23. The first-order chi connectivity index (χ1) is 15.6. The summed E-state index contributed by atoms with van der Waals surface area (Å²) in [6.07, 6.45) is 2.37. The highest BCUT2D eigenvalue weighted by Crippen LogP contribution is 2.22. The maximum absolute atomic E-state index is 11.3. The minimum atomic E-state index is -0.934. The second-order valence-corrected chi connectivity index (χ2v) is 7.69. The van der Waals surface area contributed by atoms with Crippen LogP contribution in [-0.4, -0.2) is 30.4 Å². The van der Waals surface area contributed by atoms with Crippen molar-refractivity contribution >= 4 is 11.5 Å². The van der Waals surface area contributed by atoms with E-state index in [2.05, 4.69) is 49.4 Å². The van der Waals surface area contributed by atoms with Crippen LogP contribution in [0.3, 0.4) is 0 Å². The molecule has 0 radical (unpaired) electrons. The largest absolute Gasteiger partial charge is 0.490 e. The molecule has 1 atom stereocenters. The number of hydrogen-bond acceptors (Lipinski definition) is 3. The van der Waals surface area contributed by atoms with E-state index in [-0.39, 0.29) is 0 Å². The molecular formula is C28H30O4. The van der Waals surface area contributed by atoms with Gasteiger partial charge in [0.25, 0.3) is 0 Å². The molecule has 1 unspecified atom stereocenters. The Morgan fingerprint density at radius 2 is 1.59 bits per heavy atom. The fraction of sp³-hybridized carbons (Fsp3) is 0.250. The molecule has 32 heavy (non-hydrogen) atoms. The maximum Gasteiger partial charge on any atom is 0.333 e. The summed E-state index contributed by atoms with van der Waals surface area (Å²) >= 11 is 0. The first-order valence-corrected chi connectivity index (χ1v) is 11.0. The first-order valence-electron chi connectivity index (χ1n) is 11.0.